The fraction of sp³-hybridized carbons (Fsp3) is 0.267. The molecule has 118 valence electrons. The van der Waals surface area contributed by atoms with Crippen LogP contribution in [0.4, 0.5) is 13.2 Å². The fourth-order valence-electron chi connectivity index (χ4n) is 2.58. The summed E-state index contributed by atoms with van der Waals surface area (Å²) in [5, 5.41) is 0. The smallest absolute Gasteiger partial charge is 0.407 e. The van der Waals surface area contributed by atoms with Crippen LogP contribution in [0.2, 0.25) is 0 Å². The maximum absolute atomic E-state index is 13.7. The Morgan fingerprint density at radius 1 is 1.30 bits per heavy atom. The highest BCUT2D eigenvalue weighted by Gasteiger charge is 2.31. The molecule has 1 fully saturated rings. The van der Waals surface area contributed by atoms with Crippen molar-refractivity contribution in [3.8, 4) is 11.3 Å². The van der Waals surface area contributed by atoms with E-state index in [1.807, 2.05) is 0 Å². The molecule has 23 heavy (non-hydrogen) atoms. The molecule has 0 saturated heterocycles. The summed E-state index contributed by atoms with van der Waals surface area (Å²) in [6.07, 6.45) is 0.231. The van der Waals surface area contributed by atoms with Crippen LogP contribution in [0.5, 0.6) is 0 Å². The van der Waals surface area contributed by atoms with Crippen LogP contribution < -0.4 is 5.76 Å². The molecule has 4 rings (SSSR count). The Morgan fingerprint density at radius 2 is 2.09 bits per heavy atom. The van der Waals surface area contributed by atoms with Gasteiger partial charge in [-0.3, -0.25) is 9.97 Å². The first-order valence-electron chi connectivity index (χ1n) is 7.01. The van der Waals surface area contributed by atoms with Crippen molar-refractivity contribution in [1.82, 2.24) is 15.0 Å². The van der Waals surface area contributed by atoms with Crippen molar-refractivity contribution in [2.24, 2.45) is 0 Å². The Bertz CT molecular complexity index is 960. The van der Waals surface area contributed by atoms with E-state index in [2.05, 4.69) is 15.0 Å². The summed E-state index contributed by atoms with van der Waals surface area (Å²) in [6, 6.07) is 2.44. The van der Waals surface area contributed by atoms with Gasteiger partial charge in [0, 0.05) is 11.5 Å². The van der Waals surface area contributed by atoms with E-state index in [1.54, 1.807) is 0 Å². The minimum absolute atomic E-state index is 0.0268. The number of oxazole rings is 1. The number of H-pyrrole nitrogens is 1. The van der Waals surface area contributed by atoms with Gasteiger partial charge in [-0.2, -0.15) is 0 Å². The number of halogens is 3. The monoisotopic (exact) mass is 321 g/mol. The summed E-state index contributed by atoms with van der Waals surface area (Å²) in [7, 11) is 0. The predicted octanol–water partition coefficient (Wildman–Crippen LogP) is 3.53. The minimum Gasteiger partial charge on any atom is -0.407 e. The Hall–Kier alpha value is -2.64. The van der Waals surface area contributed by atoms with E-state index in [0.29, 0.717) is 5.69 Å². The lowest BCUT2D eigenvalue weighted by Crippen LogP contribution is -2.02. The van der Waals surface area contributed by atoms with Gasteiger partial charge in [0.1, 0.15) is 11.2 Å². The number of nitrogens with zero attached hydrogens (tertiary/aromatic N) is 2. The van der Waals surface area contributed by atoms with Crippen molar-refractivity contribution < 1.29 is 17.6 Å². The third kappa shape index (κ3) is 2.30. The van der Waals surface area contributed by atoms with Gasteiger partial charge in [0.2, 0.25) is 0 Å². The quantitative estimate of drug-likeness (QED) is 0.801. The average molecular weight is 321 g/mol. The summed E-state index contributed by atoms with van der Waals surface area (Å²) >= 11 is 0. The highest BCUT2D eigenvalue weighted by atomic mass is 19.3. The third-order valence-corrected chi connectivity index (χ3v) is 3.80. The summed E-state index contributed by atoms with van der Waals surface area (Å²) in [4.78, 5) is 21.6. The summed E-state index contributed by atoms with van der Waals surface area (Å²) in [5.74, 6) is -1.48. The van der Waals surface area contributed by atoms with Crippen LogP contribution in [0.15, 0.2) is 27.5 Å². The van der Waals surface area contributed by atoms with Crippen LogP contribution in [0.3, 0.4) is 0 Å². The number of aromatic amines is 1. The number of aromatic nitrogens is 3. The lowest BCUT2D eigenvalue weighted by Gasteiger charge is -2.09. The molecular weight excluding hydrogens is 311 g/mol. The van der Waals surface area contributed by atoms with Gasteiger partial charge in [0.25, 0.3) is 6.43 Å². The Labute approximate surface area is 127 Å². The number of nitrogens with one attached hydrogen (secondary N) is 1. The molecule has 1 aliphatic rings. The molecule has 3 aromatic rings. The van der Waals surface area contributed by atoms with Gasteiger partial charge in [-0.05, 0) is 25.0 Å². The number of hydrogen-bond acceptors (Lipinski definition) is 4. The molecule has 0 amide bonds. The minimum atomic E-state index is -2.76. The molecule has 0 atom stereocenters. The van der Waals surface area contributed by atoms with Crippen LogP contribution in [0.1, 0.15) is 36.6 Å². The van der Waals surface area contributed by atoms with Gasteiger partial charge in [-0.15, -0.1) is 0 Å². The third-order valence-electron chi connectivity index (χ3n) is 3.80. The molecule has 0 radical (unpaired) electrons. The van der Waals surface area contributed by atoms with Gasteiger partial charge in [-0.1, -0.05) is 0 Å². The van der Waals surface area contributed by atoms with Crippen LogP contribution >= 0.6 is 0 Å². The molecule has 0 unspecified atom stereocenters. The molecule has 5 nitrogen and oxygen atoms in total. The van der Waals surface area contributed by atoms with E-state index in [1.165, 1.54) is 12.3 Å². The van der Waals surface area contributed by atoms with E-state index >= 15 is 0 Å². The van der Waals surface area contributed by atoms with Gasteiger partial charge < -0.3 is 4.42 Å². The van der Waals surface area contributed by atoms with Crippen LogP contribution in [0, 0.1) is 5.82 Å². The van der Waals surface area contributed by atoms with Crippen molar-refractivity contribution >= 4 is 11.1 Å². The van der Waals surface area contributed by atoms with E-state index in [0.717, 1.165) is 18.9 Å². The average Bonchev–Trinajstić information content (AvgIpc) is 3.28. The Kier molecular flexibility index (Phi) is 3.00. The van der Waals surface area contributed by atoms with Gasteiger partial charge >= 0.3 is 5.76 Å². The number of alkyl halides is 2. The second-order valence-electron chi connectivity index (χ2n) is 5.41. The van der Waals surface area contributed by atoms with Gasteiger partial charge in [0.15, 0.2) is 11.4 Å². The van der Waals surface area contributed by atoms with Gasteiger partial charge in [-0.25, -0.2) is 22.9 Å². The number of hydrogen-bond donors (Lipinski definition) is 1. The first-order chi connectivity index (χ1) is 11.0. The van der Waals surface area contributed by atoms with Gasteiger partial charge in [0.05, 0.1) is 17.6 Å². The molecule has 1 aliphatic carbocycles. The molecule has 0 bridgehead atoms. The predicted molar refractivity (Wildman–Crippen MR) is 74.8 cm³/mol. The molecule has 1 N–H and O–H groups in total. The SMILES string of the molecule is O=c1[nH]c2c(F)ccc(-c3cnc(C4CC4)c(C(F)F)n3)c2o1. The lowest BCUT2D eigenvalue weighted by atomic mass is 10.1. The zero-order valence-electron chi connectivity index (χ0n) is 11.6. The lowest BCUT2D eigenvalue weighted by molar-refractivity contribution is 0.144. The Morgan fingerprint density at radius 3 is 2.78 bits per heavy atom. The molecule has 0 aliphatic heterocycles. The zero-order chi connectivity index (χ0) is 16.1. The maximum Gasteiger partial charge on any atom is 0.417 e. The normalized spacial score (nSPS) is 14.8. The first-order valence-corrected chi connectivity index (χ1v) is 7.01. The van der Waals surface area contributed by atoms with Crippen molar-refractivity contribution in [1.29, 1.82) is 0 Å². The molecule has 0 spiro atoms. The van der Waals surface area contributed by atoms with Crippen molar-refractivity contribution in [3.05, 3.63) is 46.1 Å². The van der Waals surface area contributed by atoms with Crippen LogP contribution in [0.25, 0.3) is 22.4 Å². The highest BCUT2D eigenvalue weighted by molar-refractivity contribution is 5.89. The number of benzene rings is 1. The molecular formula is C15H10F3N3O2. The molecule has 1 aromatic carbocycles. The van der Waals surface area contributed by atoms with Crippen molar-refractivity contribution in [2.75, 3.05) is 0 Å². The highest BCUT2D eigenvalue weighted by Crippen LogP contribution is 2.42. The fourth-order valence-corrected chi connectivity index (χ4v) is 2.58. The number of rotatable bonds is 3. The topological polar surface area (TPSA) is 71.8 Å². The number of fused-ring (bicyclic) bond motifs is 1. The van der Waals surface area contributed by atoms with E-state index in [4.69, 9.17) is 4.42 Å². The molecule has 2 aromatic heterocycles. The second kappa shape index (κ2) is 4.94. The van der Waals surface area contributed by atoms with Crippen molar-refractivity contribution in [3.63, 3.8) is 0 Å². The molecule has 8 heteroatoms. The van der Waals surface area contributed by atoms with E-state index in [-0.39, 0.29) is 34.0 Å². The van der Waals surface area contributed by atoms with E-state index < -0.39 is 18.0 Å². The Balaban J connectivity index is 1.92. The van der Waals surface area contributed by atoms with E-state index in [9.17, 15) is 18.0 Å². The summed E-state index contributed by atoms with van der Waals surface area (Å²) in [6.45, 7) is 0. The second-order valence-corrected chi connectivity index (χ2v) is 5.41. The van der Waals surface area contributed by atoms with Crippen molar-refractivity contribution in [2.45, 2.75) is 25.2 Å². The molecule has 2 heterocycles. The zero-order valence-corrected chi connectivity index (χ0v) is 11.6. The maximum atomic E-state index is 13.7. The van der Waals surface area contributed by atoms with Crippen LogP contribution in [-0.4, -0.2) is 15.0 Å². The first kappa shape index (κ1) is 14.0. The van der Waals surface area contributed by atoms with Crippen LogP contribution in [-0.2, 0) is 0 Å². The standard InChI is InChI=1S/C15H10F3N3O2/c16-8-4-3-7(13-11(8)21-15(22)23-13)9-5-19-10(6-1-2-6)12(20-9)14(17)18/h3-6,14H,1-2H2,(H,21,22). The summed E-state index contributed by atoms with van der Waals surface area (Å²) < 4.78 is 45.1. The largest absolute Gasteiger partial charge is 0.417 e. The summed E-state index contributed by atoms with van der Waals surface area (Å²) in [5.41, 5.74) is 0.0785. The molecule has 1 saturated carbocycles.